The molecule has 0 aliphatic rings. The number of anilines is 2. The van der Waals surface area contributed by atoms with Crippen LogP contribution in [0.1, 0.15) is 23.1 Å². The first-order valence-electron chi connectivity index (χ1n) is 11.0. The number of hydrogen-bond acceptors (Lipinski definition) is 6. The van der Waals surface area contributed by atoms with Gasteiger partial charge in [0.25, 0.3) is 5.91 Å². The quantitative estimate of drug-likeness (QED) is 0.244. The lowest BCUT2D eigenvalue weighted by Gasteiger charge is -2.17. The van der Waals surface area contributed by atoms with E-state index in [1.54, 1.807) is 51.2 Å². The lowest BCUT2D eigenvalue weighted by Crippen LogP contribution is -2.35. The van der Waals surface area contributed by atoms with E-state index in [2.05, 4.69) is 30.9 Å². The number of carbonyl (C=O) groups is 2. The van der Waals surface area contributed by atoms with Crippen LogP contribution in [0.5, 0.6) is 0 Å². The van der Waals surface area contributed by atoms with Crippen molar-refractivity contribution in [2.24, 2.45) is 0 Å². The monoisotopic (exact) mass is 576 g/mol. The number of likely N-dealkylation sites (N-methyl/N-ethyl adjacent to an activating group) is 1. The van der Waals surface area contributed by atoms with Gasteiger partial charge < -0.3 is 16.0 Å². The standard InChI is InChI=1S/C25H20Cl4N6O2/c1-11-23(29)21(22-16(28)8-15(27)9-18(22)32-11)13-6-19(34-24(36)12(2)30-3)33-20(7-13)35-25(37)17-5-4-14(26)10-31-17/h4-10,12,30H,1-3H3,(H2,33,34,35,36,37). The van der Waals surface area contributed by atoms with E-state index in [1.165, 1.54) is 12.3 Å². The van der Waals surface area contributed by atoms with E-state index in [1.807, 2.05) is 0 Å². The van der Waals surface area contributed by atoms with Gasteiger partial charge in [0, 0.05) is 22.2 Å². The fourth-order valence-corrected chi connectivity index (χ4v) is 4.48. The molecule has 1 atom stereocenters. The summed E-state index contributed by atoms with van der Waals surface area (Å²) in [6.07, 6.45) is 1.36. The van der Waals surface area contributed by atoms with Crippen molar-refractivity contribution in [2.75, 3.05) is 17.7 Å². The van der Waals surface area contributed by atoms with Gasteiger partial charge in [-0.1, -0.05) is 46.4 Å². The zero-order valence-corrected chi connectivity index (χ0v) is 22.8. The molecule has 0 saturated carbocycles. The number of amides is 2. The Hall–Kier alpha value is -3.01. The topological polar surface area (TPSA) is 109 Å². The molecule has 4 aromatic rings. The summed E-state index contributed by atoms with van der Waals surface area (Å²) >= 11 is 25.4. The number of aromatic nitrogens is 3. The lowest BCUT2D eigenvalue weighted by atomic mass is 10.00. The summed E-state index contributed by atoms with van der Waals surface area (Å²) < 4.78 is 0. The molecule has 0 fully saturated rings. The number of pyridine rings is 3. The second-order valence-corrected chi connectivity index (χ2v) is 9.77. The van der Waals surface area contributed by atoms with E-state index in [4.69, 9.17) is 46.4 Å². The zero-order chi connectivity index (χ0) is 26.9. The highest BCUT2D eigenvalue weighted by molar-refractivity contribution is 6.42. The predicted octanol–water partition coefficient (Wildman–Crippen LogP) is 6.41. The van der Waals surface area contributed by atoms with Crippen molar-refractivity contribution in [3.05, 3.63) is 74.1 Å². The van der Waals surface area contributed by atoms with Crippen LogP contribution in [0.15, 0.2) is 42.6 Å². The predicted molar refractivity (Wildman–Crippen MR) is 149 cm³/mol. The van der Waals surface area contributed by atoms with Crippen LogP contribution in [0, 0.1) is 6.92 Å². The summed E-state index contributed by atoms with van der Waals surface area (Å²) in [6.45, 7) is 3.46. The second kappa shape index (κ2) is 11.2. The molecule has 12 heteroatoms. The summed E-state index contributed by atoms with van der Waals surface area (Å²) in [5.74, 6) is -0.507. The summed E-state index contributed by atoms with van der Waals surface area (Å²) in [5.41, 5.74) is 2.30. The number of rotatable bonds is 6. The summed E-state index contributed by atoms with van der Waals surface area (Å²) in [6, 6.07) is 9.08. The van der Waals surface area contributed by atoms with Crippen LogP contribution < -0.4 is 16.0 Å². The van der Waals surface area contributed by atoms with Gasteiger partial charge in [0.1, 0.15) is 17.3 Å². The third-order valence-electron chi connectivity index (χ3n) is 5.50. The van der Waals surface area contributed by atoms with E-state index in [9.17, 15) is 9.59 Å². The molecule has 3 aromatic heterocycles. The molecule has 1 aromatic carbocycles. The van der Waals surface area contributed by atoms with Crippen LogP contribution in [-0.2, 0) is 4.79 Å². The fourth-order valence-electron chi connectivity index (χ4n) is 3.55. The van der Waals surface area contributed by atoms with Gasteiger partial charge >= 0.3 is 0 Å². The Morgan fingerprint density at radius 3 is 2.27 bits per heavy atom. The molecule has 8 nitrogen and oxygen atoms in total. The van der Waals surface area contributed by atoms with Crippen molar-refractivity contribution in [2.45, 2.75) is 19.9 Å². The number of halogens is 4. The Morgan fingerprint density at radius 1 is 0.919 bits per heavy atom. The average molecular weight is 578 g/mol. The van der Waals surface area contributed by atoms with Crippen molar-refractivity contribution in [1.29, 1.82) is 0 Å². The molecule has 3 heterocycles. The molecular weight excluding hydrogens is 558 g/mol. The van der Waals surface area contributed by atoms with Crippen LogP contribution >= 0.6 is 46.4 Å². The van der Waals surface area contributed by atoms with Crippen molar-refractivity contribution in [3.63, 3.8) is 0 Å². The lowest BCUT2D eigenvalue weighted by molar-refractivity contribution is -0.117. The van der Waals surface area contributed by atoms with Crippen LogP contribution in [0.25, 0.3) is 22.0 Å². The number of fused-ring (bicyclic) bond motifs is 1. The number of hydrogen-bond donors (Lipinski definition) is 3. The van der Waals surface area contributed by atoms with Crippen molar-refractivity contribution in [3.8, 4) is 11.1 Å². The summed E-state index contributed by atoms with van der Waals surface area (Å²) in [7, 11) is 1.66. The molecule has 37 heavy (non-hydrogen) atoms. The van der Waals surface area contributed by atoms with Gasteiger partial charge in [0.15, 0.2) is 0 Å². The Balaban J connectivity index is 1.88. The Labute approximate surface area is 232 Å². The van der Waals surface area contributed by atoms with Gasteiger partial charge in [-0.2, -0.15) is 0 Å². The van der Waals surface area contributed by atoms with Gasteiger partial charge in [0.2, 0.25) is 5.91 Å². The Kier molecular flexibility index (Phi) is 8.16. The van der Waals surface area contributed by atoms with Gasteiger partial charge in [-0.3, -0.25) is 14.6 Å². The van der Waals surface area contributed by atoms with Gasteiger partial charge in [-0.15, -0.1) is 0 Å². The van der Waals surface area contributed by atoms with Gasteiger partial charge in [-0.25, -0.2) is 9.97 Å². The maximum absolute atomic E-state index is 12.9. The molecule has 2 amide bonds. The SMILES string of the molecule is CNC(C)C(=O)Nc1cc(-c2c(Cl)c(C)nc3cc(Cl)cc(Cl)c23)cc(NC(=O)c2ccc(Cl)cn2)n1. The molecule has 0 saturated heterocycles. The van der Waals surface area contributed by atoms with Crippen molar-refractivity contribution in [1.82, 2.24) is 20.3 Å². The van der Waals surface area contributed by atoms with Crippen molar-refractivity contribution < 1.29 is 9.59 Å². The number of benzene rings is 1. The first-order valence-corrected chi connectivity index (χ1v) is 12.5. The van der Waals surface area contributed by atoms with E-state index in [0.717, 1.165) is 0 Å². The van der Waals surface area contributed by atoms with E-state index < -0.39 is 11.9 Å². The zero-order valence-electron chi connectivity index (χ0n) is 19.8. The highest BCUT2D eigenvalue weighted by Gasteiger charge is 2.20. The number of carbonyl (C=O) groups excluding carboxylic acids is 2. The molecule has 4 rings (SSSR count). The number of nitrogens with one attached hydrogen (secondary N) is 3. The Bertz CT molecular complexity index is 1530. The molecule has 0 aliphatic carbocycles. The third-order valence-corrected chi connectivity index (χ3v) is 6.71. The van der Waals surface area contributed by atoms with Crippen LogP contribution in [0.2, 0.25) is 20.1 Å². The molecule has 0 aliphatic heterocycles. The van der Waals surface area contributed by atoms with Crippen LogP contribution in [-0.4, -0.2) is 39.9 Å². The molecular formula is C25H20Cl4N6O2. The van der Waals surface area contributed by atoms with Gasteiger partial charge in [-0.05, 0) is 62.9 Å². The largest absolute Gasteiger partial charge is 0.309 e. The van der Waals surface area contributed by atoms with E-state index in [0.29, 0.717) is 47.8 Å². The smallest absolute Gasteiger partial charge is 0.275 e. The van der Waals surface area contributed by atoms with Crippen molar-refractivity contribution >= 4 is 80.8 Å². The first-order chi connectivity index (χ1) is 17.6. The van der Waals surface area contributed by atoms with E-state index >= 15 is 0 Å². The molecule has 0 spiro atoms. The molecule has 3 N–H and O–H groups in total. The fraction of sp³-hybridized carbons (Fsp3) is 0.160. The highest BCUT2D eigenvalue weighted by atomic mass is 35.5. The summed E-state index contributed by atoms with van der Waals surface area (Å²) in [5, 5.41) is 10.4. The van der Waals surface area contributed by atoms with Crippen LogP contribution in [0.4, 0.5) is 11.6 Å². The van der Waals surface area contributed by atoms with E-state index in [-0.39, 0.29) is 23.2 Å². The number of aryl methyl sites for hydroxylation is 1. The Morgan fingerprint density at radius 2 is 1.62 bits per heavy atom. The molecule has 190 valence electrons. The maximum Gasteiger partial charge on any atom is 0.275 e. The average Bonchev–Trinajstić information content (AvgIpc) is 2.84. The van der Waals surface area contributed by atoms with Gasteiger partial charge in [0.05, 0.1) is 32.3 Å². The molecule has 0 bridgehead atoms. The summed E-state index contributed by atoms with van der Waals surface area (Å²) in [4.78, 5) is 38.4. The normalized spacial score (nSPS) is 11.9. The van der Waals surface area contributed by atoms with Crippen LogP contribution in [0.3, 0.4) is 0 Å². The number of nitrogens with zero attached hydrogens (tertiary/aromatic N) is 3. The second-order valence-electron chi connectivity index (χ2n) is 8.11. The maximum atomic E-state index is 12.9. The minimum absolute atomic E-state index is 0.131. The highest BCUT2D eigenvalue weighted by Crippen LogP contribution is 2.41. The minimum atomic E-state index is -0.520. The minimum Gasteiger partial charge on any atom is -0.309 e. The molecule has 0 radical (unpaired) electrons. The molecule has 1 unspecified atom stereocenters. The first kappa shape index (κ1) is 27.0. The third kappa shape index (κ3) is 5.95.